The first-order chi connectivity index (χ1) is 16.9. The Morgan fingerprint density at radius 3 is 1.85 bits per heavy atom. The lowest BCUT2D eigenvalue weighted by Gasteiger charge is -2.19. The van der Waals surface area contributed by atoms with Crippen molar-refractivity contribution in [1.82, 2.24) is 4.57 Å². The van der Waals surface area contributed by atoms with E-state index in [9.17, 15) is 0 Å². The fourth-order valence-corrected chi connectivity index (χ4v) is 11.5. The zero-order valence-corrected chi connectivity index (χ0v) is 22.2. The largest absolute Gasteiger partial charge is 0.340 e. The van der Waals surface area contributed by atoms with Crippen molar-refractivity contribution in [2.45, 2.75) is 18.1 Å². The lowest BCUT2D eigenvalue weighted by Crippen LogP contribution is -2.30. The first-order valence-electron chi connectivity index (χ1n) is 12.3. The summed E-state index contributed by atoms with van der Waals surface area (Å²) < 4.78 is 2.58. The molecule has 6 rings (SSSR count). The van der Waals surface area contributed by atoms with Gasteiger partial charge < -0.3 is 4.57 Å². The summed E-state index contributed by atoms with van der Waals surface area (Å²) in [5, 5.41) is 9.68. The van der Waals surface area contributed by atoms with Gasteiger partial charge in [-0.05, 0) is 29.3 Å². The normalized spacial score (nSPS) is 13.2. The third-order valence-electron chi connectivity index (χ3n) is 7.20. The molecule has 1 heterocycles. The van der Waals surface area contributed by atoms with Crippen LogP contribution in [0.2, 0.25) is 5.16 Å². The summed E-state index contributed by atoms with van der Waals surface area (Å²) >= 11 is 0. The minimum Gasteiger partial charge on any atom is -0.340 e. The summed E-state index contributed by atoms with van der Waals surface area (Å²) in [5.74, 6) is 0. The molecule has 3 heteroatoms. The van der Waals surface area contributed by atoms with Crippen molar-refractivity contribution < 1.29 is 0 Å². The van der Waals surface area contributed by atoms with Crippen LogP contribution in [0.25, 0.3) is 32.6 Å². The highest BCUT2D eigenvalue weighted by Crippen LogP contribution is 2.29. The van der Waals surface area contributed by atoms with Gasteiger partial charge >= 0.3 is 0 Å². The molecule has 0 fully saturated rings. The van der Waals surface area contributed by atoms with Gasteiger partial charge in [-0.2, -0.15) is 0 Å². The topological polar surface area (TPSA) is 4.93 Å². The molecule has 1 nitrogen and oxygen atoms in total. The Balaban J connectivity index is 1.35. The average molecular weight is 472 g/mol. The summed E-state index contributed by atoms with van der Waals surface area (Å²) in [4.78, 5) is 0. The highest BCUT2D eigenvalue weighted by atomic mass is 28.3. The summed E-state index contributed by atoms with van der Waals surface area (Å²) in [6.45, 7) is 1.09. The molecule has 166 valence electrons. The van der Waals surface area contributed by atoms with E-state index < -0.39 is 9.52 Å². The number of aryl methyl sites for hydroxylation is 1. The van der Waals surface area contributed by atoms with Crippen LogP contribution in [0.3, 0.4) is 0 Å². The Kier molecular flexibility index (Phi) is 5.88. The molecular weight excluding hydrogens is 443 g/mol. The minimum absolute atomic E-state index is 0.362. The monoisotopic (exact) mass is 471 g/mol. The van der Waals surface area contributed by atoms with Gasteiger partial charge in [-0.3, -0.25) is 0 Å². The van der Waals surface area contributed by atoms with Crippen LogP contribution in [-0.2, 0) is 6.54 Å². The van der Waals surface area contributed by atoms with E-state index in [1.54, 1.807) is 10.4 Å². The SMILES string of the molecule is c1ccc([SiH2][C@H](CCn2c3ccccc3c3ccccc32)[SiH2]c2cccc3ccccc23)cc1. The van der Waals surface area contributed by atoms with E-state index in [0.717, 1.165) is 11.7 Å². The Bertz CT molecular complexity index is 1510. The number of nitrogens with zero attached hydrogens (tertiary/aromatic N) is 1. The number of hydrogen-bond acceptors (Lipinski definition) is 0. The van der Waals surface area contributed by atoms with Crippen molar-refractivity contribution in [2.75, 3.05) is 0 Å². The number of aromatic nitrogens is 1. The zero-order chi connectivity index (χ0) is 22.7. The van der Waals surface area contributed by atoms with Crippen LogP contribution >= 0.6 is 0 Å². The number of rotatable bonds is 7. The standard InChI is InChI=1S/C31H29NSi2/c1-2-13-24(14-3-1)33-31(34-30-20-10-12-23-11-4-5-15-25(23)30)21-22-32-28-18-8-6-16-26(28)27-17-7-9-19-29(27)32/h1-20,31H,21-22,33-34H2/t31-/m0/s1. The third-order valence-corrected chi connectivity index (χ3v) is 12.9. The molecule has 0 aliphatic heterocycles. The van der Waals surface area contributed by atoms with Crippen LogP contribution in [0.1, 0.15) is 6.42 Å². The van der Waals surface area contributed by atoms with Crippen molar-refractivity contribution in [3.05, 3.63) is 121 Å². The van der Waals surface area contributed by atoms with Crippen LogP contribution < -0.4 is 10.4 Å². The van der Waals surface area contributed by atoms with Crippen molar-refractivity contribution in [3.63, 3.8) is 0 Å². The molecule has 1 atom stereocenters. The molecule has 0 amide bonds. The maximum atomic E-state index is 2.58. The van der Waals surface area contributed by atoms with Gasteiger partial charge in [0.25, 0.3) is 0 Å². The molecule has 0 aliphatic rings. The number of fused-ring (bicyclic) bond motifs is 4. The Labute approximate surface area is 205 Å². The lowest BCUT2D eigenvalue weighted by atomic mass is 10.1. The molecule has 0 unspecified atom stereocenters. The number of para-hydroxylation sites is 2. The van der Waals surface area contributed by atoms with E-state index in [1.807, 2.05) is 0 Å². The van der Waals surface area contributed by atoms with Gasteiger partial charge in [0.05, 0.1) is 19.0 Å². The molecule has 0 spiro atoms. The molecule has 0 saturated carbocycles. The van der Waals surface area contributed by atoms with Gasteiger partial charge in [0.15, 0.2) is 0 Å². The van der Waals surface area contributed by atoms with Crippen LogP contribution in [-0.4, -0.2) is 23.6 Å². The van der Waals surface area contributed by atoms with E-state index in [4.69, 9.17) is 0 Å². The maximum absolute atomic E-state index is 2.58. The van der Waals surface area contributed by atoms with Crippen molar-refractivity contribution in [1.29, 1.82) is 0 Å². The van der Waals surface area contributed by atoms with Crippen molar-refractivity contribution >= 4 is 62.0 Å². The van der Waals surface area contributed by atoms with Gasteiger partial charge in [-0.25, -0.2) is 0 Å². The van der Waals surface area contributed by atoms with Gasteiger partial charge in [-0.15, -0.1) is 0 Å². The Morgan fingerprint density at radius 2 is 1.12 bits per heavy atom. The molecule has 34 heavy (non-hydrogen) atoms. The second-order valence-electron chi connectivity index (χ2n) is 9.37. The van der Waals surface area contributed by atoms with E-state index in [0.29, 0.717) is 0 Å². The van der Waals surface area contributed by atoms with E-state index >= 15 is 0 Å². The van der Waals surface area contributed by atoms with Crippen molar-refractivity contribution in [3.8, 4) is 0 Å². The minimum atomic E-state index is -0.417. The van der Waals surface area contributed by atoms with Gasteiger partial charge in [0.2, 0.25) is 0 Å². The summed E-state index contributed by atoms with van der Waals surface area (Å²) in [6.07, 6.45) is 1.26. The Morgan fingerprint density at radius 1 is 0.529 bits per heavy atom. The fourth-order valence-electron chi connectivity index (χ4n) is 5.56. The lowest BCUT2D eigenvalue weighted by molar-refractivity contribution is 0.704. The predicted molar refractivity (Wildman–Crippen MR) is 155 cm³/mol. The number of benzene rings is 5. The quantitative estimate of drug-likeness (QED) is 0.286. The van der Waals surface area contributed by atoms with Gasteiger partial charge in [0.1, 0.15) is 0 Å². The van der Waals surface area contributed by atoms with Gasteiger partial charge in [0, 0.05) is 28.4 Å². The first kappa shape index (κ1) is 21.1. The smallest absolute Gasteiger partial charge is 0.0559 e. The molecule has 1 aromatic heterocycles. The molecule has 0 aliphatic carbocycles. The molecule has 0 bridgehead atoms. The first-order valence-corrected chi connectivity index (χ1v) is 15.4. The number of hydrogen-bond donors (Lipinski definition) is 0. The molecule has 6 aromatic rings. The predicted octanol–water partition coefficient (Wildman–Crippen LogP) is 5.07. The second-order valence-corrected chi connectivity index (χ2v) is 15.2. The molecule has 0 radical (unpaired) electrons. The molecule has 5 aromatic carbocycles. The fraction of sp³-hybridized carbons (Fsp3) is 0.0968. The van der Waals surface area contributed by atoms with E-state index in [1.165, 1.54) is 39.0 Å². The molecule has 0 N–H and O–H groups in total. The molecule has 0 saturated heterocycles. The van der Waals surface area contributed by atoms with Crippen molar-refractivity contribution in [2.24, 2.45) is 0 Å². The van der Waals surface area contributed by atoms with Gasteiger partial charge in [-0.1, -0.05) is 125 Å². The maximum Gasteiger partial charge on any atom is 0.0559 e. The van der Waals surface area contributed by atoms with E-state index in [-0.39, 0.29) is 9.52 Å². The van der Waals surface area contributed by atoms with Crippen LogP contribution in [0.5, 0.6) is 0 Å². The summed E-state index contributed by atoms with van der Waals surface area (Å²) in [7, 11) is -0.779. The van der Waals surface area contributed by atoms with Crippen LogP contribution in [0.4, 0.5) is 0 Å². The zero-order valence-electron chi connectivity index (χ0n) is 19.4. The van der Waals surface area contributed by atoms with Crippen LogP contribution in [0, 0.1) is 0 Å². The third kappa shape index (κ3) is 4.13. The Hall–Kier alpha value is -3.41. The second kappa shape index (κ2) is 9.45. The highest BCUT2D eigenvalue weighted by molar-refractivity contribution is 6.74. The highest BCUT2D eigenvalue weighted by Gasteiger charge is 2.16. The average Bonchev–Trinajstić information content (AvgIpc) is 3.22. The summed E-state index contributed by atoms with van der Waals surface area (Å²) in [5.41, 5.74) is 2.74. The summed E-state index contributed by atoms with van der Waals surface area (Å²) in [6, 6.07) is 45.0. The van der Waals surface area contributed by atoms with Crippen LogP contribution in [0.15, 0.2) is 121 Å². The molecular formula is C31H29NSi2. The van der Waals surface area contributed by atoms with E-state index in [2.05, 4.69) is 126 Å².